The highest BCUT2D eigenvalue weighted by molar-refractivity contribution is 9.10. The molecule has 8 nitrogen and oxygen atoms in total. The summed E-state index contributed by atoms with van der Waals surface area (Å²) in [5, 5.41) is 3.02. The van der Waals surface area contributed by atoms with E-state index in [0.717, 1.165) is 26.6 Å². The predicted octanol–water partition coefficient (Wildman–Crippen LogP) is 6.68. The highest BCUT2D eigenvalue weighted by Gasteiger charge is 2.35. The molecule has 4 aromatic rings. The highest BCUT2D eigenvalue weighted by Crippen LogP contribution is 2.31. The molecule has 2 amide bonds. The van der Waals surface area contributed by atoms with Crippen LogP contribution in [0.4, 0.5) is 5.69 Å². The first-order valence-corrected chi connectivity index (χ1v) is 17.7. The van der Waals surface area contributed by atoms with Gasteiger partial charge in [0.1, 0.15) is 18.3 Å². The van der Waals surface area contributed by atoms with E-state index in [1.54, 1.807) is 30.3 Å². The maximum atomic E-state index is 14.6. The average molecular weight is 721 g/mol. The van der Waals surface area contributed by atoms with Crippen molar-refractivity contribution in [3.63, 3.8) is 0 Å². The van der Waals surface area contributed by atoms with E-state index in [4.69, 9.17) is 4.74 Å². The van der Waals surface area contributed by atoms with E-state index in [1.165, 1.54) is 24.1 Å². The van der Waals surface area contributed by atoms with E-state index in [2.05, 4.69) is 21.2 Å². The van der Waals surface area contributed by atoms with Crippen LogP contribution in [0.5, 0.6) is 5.75 Å². The zero-order chi connectivity index (χ0) is 34.1. The van der Waals surface area contributed by atoms with Crippen LogP contribution >= 0.6 is 15.9 Å². The van der Waals surface area contributed by atoms with Crippen LogP contribution < -0.4 is 14.4 Å². The number of ether oxygens (including phenoxy) is 1. The topological polar surface area (TPSA) is 96.0 Å². The minimum absolute atomic E-state index is 0.0145. The van der Waals surface area contributed by atoms with Crippen molar-refractivity contribution in [1.82, 2.24) is 10.2 Å². The number of methoxy groups -OCH3 is 1. The van der Waals surface area contributed by atoms with Crippen LogP contribution in [-0.2, 0) is 32.6 Å². The van der Waals surface area contributed by atoms with Gasteiger partial charge in [-0.05, 0) is 77.2 Å². The molecule has 0 aliphatic rings. The molecule has 0 fully saturated rings. The predicted molar refractivity (Wildman–Crippen MR) is 190 cm³/mol. The van der Waals surface area contributed by atoms with Gasteiger partial charge in [0, 0.05) is 19.5 Å². The molecule has 0 aromatic heterocycles. The number of halogens is 1. The van der Waals surface area contributed by atoms with Crippen molar-refractivity contribution >= 4 is 43.5 Å². The number of aryl methyl sites for hydroxylation is 2. The van der Waals surface area contributed by atoms with Crippen LogP contribution in [-0.4, -0.2) is 51.4 Å². The van der Waals surface area contributed by atoms with Crippen LogP contribution in [0.1, 0.15) is 36.1 Å². The fraction of sp³-hybridized carbons (Fsp3) is 0.297. The summed E-state index contributed by atoms with van der Waals surface area (Å²) < 4.78 is 35.5. The fourth-order valence-electron chi connectivity index (χ4n) is 5.16. The second-order valence-electron chi connectivity index (χ2n) is 12.0. The molecule has 10 heteroatoms. The molecule has 4 rings (SSSR count). The van der Waals surface area contributed by atoms with Crippen molar-refractivity contribution in [3.8, 4) is 5.75 Å². The van der Waals surface area contributed by atoms with Crippen molar-refractivity contribution in [2.24, 2.45) is 5.92 Å². The molecule has 0 heterocycles. The zero-order valence-corrected chi connectivity index (χ0v) is 29.8. The van der Waals surface area contributed by atoms with Gasteiger partial charge in [0.25, 0.3) is 10.0 Å². The van der Waals surface area contributed by atoms with Crippen LogP contribution in [0, 0.1) is 19.8 Å². The molecule has 4 aromatic carbocycles. The van der Waals surface area contributed by atoms with Crippen molar-refractivity contribution in [1.29, 1.82) is 0 Å². The zero-order valence-electron chi connectivity index (χ0n) is 27.4. The normalized spacial score (nSPS) is 12.0. The molecule has 0 unspecified atom stereocenters. The summed E-state index contributed by atoms with van der Waals surface area (Å²) in [6.07, 6.45) is 0.255. The van der Waals surface area contributed by atoms with Gasteiger partial charge >= 0.3 is 0 Å². The van der Waals surface area contributed by atoms with Crippen molar-refractivity contribution < 1.29 is 22.7 Å². The third-order valence-corrected chi connectivity index (χ3v) is 10.1. The molecule has 0 bridgehead atoms. The second-order valence-corrected chi connectivity index (χ2v) is 14.7. The molecule has 248 valence electrons. The first-order valence-electron chi connectivity index (χ1n) is 15.5. The molecule has 0 spiro atoms. The molecule has 0 aliphatic heterocycles. The van der Waals surface area contributed by atoms with Crippen LogP contribution in [0.2, 0.25) is 0 Å². The largest absolute Gasteiger partial charge is 0.496 e. The van der Waals surface area contributed by atoms with E-state index in [-0.39, 0.29) is 29.7 Å². The smallest absolute Gasteiger partial charge is 0.264 e. The van der Waals surface area contributed by atoms with Gasteiger partial charge < -0.3 is 15.0 Å². The summed E-state index contributed by atoms with van der Waals surface area (Å²) >= 11 is 3.40. The van der Waals surface area contributed by atoms with Crippen LogP contribution in [0.25, 0.3) is 0 Å². The van der Waals surface area contributed by atoms with Gasteiger partial charge in [-0.2, -0.15) is 0 Å². The van der Waals surface area contributed by atoms with Gasteiger partial charge in [-0.1, -0.05) is 91.7 Å². The molecular formula is C37H42BrN3O5S. The van der Waals surface area contributed by atoms with Crippen LogP contribution in [0.15, 0.2) is 106 Å². The summed E-state index contributed by atoms with van der Waals surface area (Å²) in [5.41, 5.74) is 3.99. The Bertz CT molecular complexity index is 1780. The summed E-state index contributed by atoms with van der Waals surface area (Å²) in [6, 6.07) is 27.8. The minimum atomic E-state index is -4.25. The maximum Gasteiger partial charge on any atom is 0.264 e. The number of nitrogens with one attached hydrogen (secondary N) is 1. The highest BCUT2D eigenvalue weighted by atomic mass is 79.9. The lowest BCUT2D eigenvalue weighted by Gasteiger charge is -2.34. The second kappa shape index (κ2) is 16.1. The molecule has 47 heavy (non-hydrogen) atoms. The van der Waals surface area contributed by atoms with E-state index in [0.29, 0.717) is 22.5 Å². The van der Waals surface area contributed by atoms with Gasteiger partial charge in [-0.25, -0.2) is 8.42 Å². The quantitative estimate of drug-likeness (QED) is 0.157. The summed E-state index contributed by atoms with van der Waals surface area (Å²) in [4.78, 5) is 30.0. The number of carbonyl (C=O) groups is 2. The average Bonchev–Trinajstić information content (AvgIpc) is 3.05. The monoisotopic (exact) mass is 719 g/mol. The molecule has 0 saturated carbocycles. The first-order chi connectivity index (χ1) is 22.4. The van der Waals surface area contributed by atoms with Gasteiger partial charge in [-0.15, -0.1) is 0 Å². The van der Waals surface area contributed by atoms with E-state index >= 15 is 0 Å². The third-order valence-electron chi connectivity index (χ3n) is 7.70. The van der Waals surface area contributed by atoms with Crippen molar-refractivity contribution in [2.45, 2.75) is 51.6 Å². The Morgan fingerprint density at radius 2 is 1.53 bits per heavy atom. The van der Waals surface area contributed by atoms with Crippen molar-refractivity contribution in [2.75, 3.05) is 24.5 Å². The molecule has 0 aliphatic carbocycles. The number of nitrogens with zero attached hydrogens (tertiary/aromatic N) is 2. The Balaban J connectivity index is 1.81. The lowest BCUT2D eigenvalue weighted by molar-refractivity contribution is -0.140. The molecule has 0 saturated heterocycles. The van der Waals surface area contributed by atoms with Gasteiger partial charge in [0.05, 0.1) is 22.2 Å². The minimum Gasteiger partial charge on any atom is -0.496 e. The molecule has 0 radical (unpaired) electrons. The summed E-state index contributed by atoms with van der Waals surface area (Å²) in [5.74, 6) is -0.137. The van der Waals surface area contributed by atoms with Gasteiger partial charge in [-0.3, -0.25) is 13.9 Å². The van der Waals surface area contributed by atoms with E-state index < -0.39 is 28.5 Å². The Morgan fingerprint density at radius 3 is 2.15 bits per heavy atom. The molecule has 1 atom stereocenters. The third kappa shape index (κ3) is 9.45. The number of amides is 2. The fourth-order valence-corrected chi connectivity index (χ4v) is 7.29. The first kappa shape index (κ1) is 35.7. The van der Waals surface area contributed by atoms with Crippen molar-refractivity contribution in [3.05, 3.63) is 124 Å². The number of carbonyl (C=O) groups excluding carboxylic acids is 2. The lowest BCUT2D eigenvalue weighted by atomic mass is 10.0. The standard InChI is InChI=1S/C37H42BrN3O5S/c1-26(2)23-39-37(43)34(21-29-11-7-6-8-12-29)40(24-30-13-9-10-28(4)20-30)36(42)25-41(31-16-14-27(3)15-17-31)47(44,45)32-18-19-35(46-5)33(38)22-32/h6-20,22,26,34H,21,23-25H2,1-5H3,(H,39,43)/t34-/m1/s1. The summed E-state index contributed by atoms with van der Waals surface area (Å²) in [7, 11) is -2.75. The van der Waals surface area contributed by atoms with Gasteiger partial charge in [0.2, 0.25) is 11.8 Å². The Morgan fingerprint density at radius 1 is 0.851 bits per heavy atom. The number of anilines is 1. The number of sulfonamides is 1. The lowest BCUT2D eigenvalue weighted by Crippen LogP contribution is -2.53. The van der Waals surface area contributed by atoms with Crippen LogP contribution in [0.3, 0.4) is 0 Å². The summed E-state index contributed by atoms with van der Waals surface area (Å²) in [6.45, 7) is 7.90. The number of hydrogen-bond donors (Lipinski definition) is 1. The van der Waals surface area contributed by atoms with Gasteiger partial charge in [0.15, 0.2) is 0 Å². The van der Waals surface area contributed by atoms with E-state index in [1.807, 2.05) is 82.3 Å². The molecular weight excluding hydrogens is 678 g/mol. The maximum absolute atomic E-state index is 14.6. The SMILES string of the molecule is COc1ccc(S(=O)(=O)N(CC(=O)N(Cc2cccc(C)c2)[C@H](Cc2ccccc2)C(=O)NCC(C)C)c2ccc(C)cc2)cc1Br. The Labute approximate surface area is 286 Å². The Hall–Kier alpha value is -4.15. The van der Waals surface area contributed by atoms with E-state index in [9.17, 15) is 18.0 Å². The molecule has 1 N–H and O–H groups in total. The Kier molecular flexibility index (Phi) is 12.2. The number of rotatable bonds is 14. The number of hydrogen-bond acceptors (Lipinski definition) is 5. The number of benzene rings is 4.